The molecule has 1 aliphatic heterocycles. The maximum Gasteiger partial charge on any atom is 0.102 e. The molecule has 19 heavy (non-hydrogen) atoms. The van der Waals surface area contributed by atoms with Gasteiger partial charge in [-0.05, 0) is 18.2 Å². The molecular formula is C14H25N4O+. The Morgan fingerprint density at radius 2 is 1.95 bits per heavy atom. The Kier molecular flexibility index (Phi) is 4.17. The zero-order valence-corrected chi connectivity index (χ0v) is 11.9. The molecule has 0 bridgehead atoms. The van der Waals surface area contributed by atoms with Gasteiger partial charge in [-0.2, -0.15) is 0 Å². The maximum absolute atomic E-state index is 6.02. The van der Waals surface area contributed by atoms with Crippen molar-refractivity contribution >= 4 is 17.1 Å². The summed E-state index contributed by atoms with van der Waals surface area (Å²) in [5.41, 5.74) is 14.2. The van der Waals surface area contributed by atoms with Crippen molar-refractivity contribution in [1.82, 2.24) is 0 Å². The summed E-state index contributed by atoms with van der Waals surface area (Å²) in [6.45, 7) is 5.98. The molecule has 0 amide bonds. The average molecular weight is 265 g/mol. The van der Waals surface area contributed by atoms with Crippen LogP contribution in [0.2, 0.25) is 0 Å². The first kappa shape index (κ1) is 14.0. The normalized spacial score (nSPS) is 18.2. The summed E-state index contributed by atoms with van der Waals surface area (Å²) in [7, 11) is 4.37. The minimum Gasteiger partial charge on any atom is -0.399 e. The summed E-state index contributed by atoms with van der Waals surface area (Å²) < 4.78 is 6.49. The van der Waals surface area contributed by atoms with Crippen LogP contribution in [0.15, 0.2) is 18.2 Å². The van der Waals surface area contributed by atoms with Crippen molar-refractivity contribution in [2.75, 3.05) is 69.9 Å². The Hall–Kier alpha value is -1.46. The van der Waals surface area contributed by atoms with E-state index in [9.17, 15) is 0 Å². The minimum absolute atomic E-state index is 0.710. The molecule has 106 valence electrons. The van der Waals surface area contributed by atoms with Crippen LogP contribution in [0.25, 0.3) is 0 Å². The molecule has 0 aliphatic carbocycles. The van der Waals surface area contributed by atoms with Crippen molar-refractivity contribution in [1.29, 1.82) is 0 Å². The number of ether oxygens (including phenoxy) is 1. The van der Waals surface area contributed by atoms with Gasteiger partial charge in [0, 0.05) is 12.7 Å². The third kappa shape index (κ3) is 3.52. The largest absolute Gasteiger partial charge is 0.399 e. The second-order valence-corrected chi connectivity index (χ2v) is 5.64. The number of anilines is 3. The zero-order chi connectivity index (χ0) is 13.9. The first-order valence-corrected chi connectivity index (χ1v) is 6.78. The molecule has 1 heterocycles. The highest BCUT2D eigenvalue weighted by Crippen LogP contribution is 2.24. The third-order valence-electron chi connectivity index (χ3n) is 3.99. The fraction of sp³-hybridized carbons (Fsp3) is 0.571. The molecule has 0 spiro atoms. The van der Waals surface area contributed by atoms with Gasteiger partial charge in [0.25, 0.3) is 0 Å². The Morgan fingerprint density at radius 3 is 2.58 bits per heavy atom. The number of hydrogen-bond donors (Lipinski definition) is 2. The first-order chi connectivity index (χ1) is 9.00. The molecule has 2 rings (SSSR count). The van der Waals surface area contributed by atoms with E-state index < -0.39 is 0 Å². The van der Waals surface area contributed by atoms with Crippen LogP contribution in [0.3, 0.4) is 0 Å². The zero-order valence-electron chi connectivity index (χ0n) is 11.9. The van der Waals surface area contributed by atoms with Crippen LogP contribution in [0.1, 0.15) is 0 Å². The molecule has 0 unspecified atom stereocenters. The Labute approximate surface area is 115 Å². The number of nitrogens with two attached hydrogens (primary N) is 2. The van der Waals surface area contributed by atoms with Crippen molar-refractivity contribution in [2.45, 2.75) is 0 Å². The lowest BCUT2D eigenvalue weighted by atomic mass is 10.2. The van der Waals surface area contributed by atoms with Crippen LogP contribution in [0.5, 0.6) is 0 Å². The van der Waals surface area contributed by atoms with Crippen molar-refractivity contribution in [3.63, 3.8) is 0 Å². The number of hydrogen-bond acceptors (Lipinski definition) is 4. The van der Waals surface area contributed by atoms with Crippen LogP contribution in [0.4, 0.5) is 17.1 Å². The lowest BCUT2D eigenvalue weighted by molar-refractivity contribution is -0.915. The summed E-state index contributed by atoms with van der Waals surface area (Å²) in [5, 5.41) is 0. The van der Waals surface area contributed by atoms with Crippen LogP contribution >= 0.6 is 0 Å². The molecule has 5 nitrogen and oxygen atoms in total. The molecule has 1 saturated heterocycles. The molecule has 0 saturated carbocycles. The van der Waals surface area contributed by atoms with Gasteiger partial charge >= 0.3 is 0 Å². The third-order valence-corrected chi connectivity index (χ3v) is 3.99. The Bertz CT molecular complexity index is 429. The quantitative estimate of drug-likeness (QED) is 0.623. The maximum atomic E-state index is 6.02. The molecule has 1 aromatic carbocycles. The fourth-order valence-electron chi connectivity index (χ4n) is 2.44. The topological polar surface area (TPSA) is 64.5 Å². The number of benzene rings is 1. The molecule has 1 aromatic rings. The van der Waals surface area contributed by atoms with Crippen molar-refractivity contribution in [3.05, 3.63) is 18.2 Å². The predicted molar refractivity (Wildman–Crippen MR) is 80.1 cm³/mol. The van der Waals surface area contributed by atoms with Gasteiger partial charge in [-0.25, -0.2) is 0 Å². The second-order valence-electron chi connectivity index (χ2n) is 5.64. The van der Waals surface area contributed by atoms with Crippen LogP contribution < -0.4 is 16.4 Å². The number of nitrogen functional groups attached to an aromatic ring is 2. The molecule has 0 radical (unpaired) electrons. The lowest BCUT2D eigenvalue weighted by Crippen LogP contribution is -2.54. The summed E-state index contributed by atoms with van der Waals surface area (Å²) in [5.74, 6) is 0. The van der Waals surface area contributed by atoms with Crippen molar-refractivity contribution in [3.8, 4) is 0 Å². The summed E-state index contributed by atoms with van der Waals surface area (Å²) in [6, 6.07) is 5.70. The van der Waals surface area contributed by atoms with Crippen LogP contribution in [-0.4, -0.2) is 58.0 Å². The van der Waals surface area contributed by atoms with E-state index >= 15 is 0 Å². The highest BCUT2D eigenvalue weighted by molar-refractivity contribution is 5.71. The van der Waals surface area contributed by atoms with Crippen LogP contribution in [-0.2, 0) is 4.74 Å². The van der Waals surface area contributed by atoms with Gasteiger partial charge in [0.2, 0.25) is 0 Å². The van der Waals surface area contributed by atoms with E-state index in [1.165, 1.54) is 0 Å². The number of nitrogens with zero attached hydrogens (tertiary/aromatic N) is 2. The standard InChI is InChI=1S/C14H25N4O/c1-17(14-4-3-12(15)11-13(14)16)5-6-18(2)7-9-19-10-8-18/h3-4,11H,5-10,15-16H2,1-2H3/q+1. The first-order valence-electron chi connectivity index (χ1n) is 6.78. The SMILES string of the molecule is CN(CC[N+]1(C)CCOCC1)c1ccc(N)cc1N. The van der Waals surface area contributed by atoms with Crippen LogP contribution in [0, 0.1) is 0 Å². The number of quaternary nitrogens is 1. The number of morpholine rings is 1. The van der Waals surface area contributed by atoms with E-state index in [-0.39, 0.29) is 0 Å². The monoisotopic (exact) mass is 265 g/mol. The molecule has 1 aliphatic rings. The van der Waals surface area contributed by atoms with Gasteiger partial charge in [-0.15, -0.1) is 0 Å². The lowest BCUT2D eigenvalue weighted by Gasteiger charge is -2.38. The van der Waals surface area contributed by atoms with E-state index in [0.29, 0.717) is 5.69 Å². The van der Waals surface area contributed by atoms with Gasteiger partial charge in [-0.3, -0.25) is 0 Å². The van der Waals surface area contributed by atoms with E-state index in [2.05, 4.69) is 19.0 Å². The van der Waals surface area contributed by atoms with E-state index in [0.717, 1.165) is 55.3 Å². The average Bonchev–Trinajstić information content (AvgIpc) is 2.37. The molecule has 0 atom stereocenters. The van der Waals surface area contributed by atoms with Crippen molar-refractivity contribution in [2.24, 2.45) is 0 Å². The molecule has 0 aromatic heterocycles. The molecular weight excluding hydrogens is 240 g/mol. The van der Waals surface area contributed by atoms with Gasteiger partial charge in [0.15, 0.2) is 0 Å². The van der Waals surface area contributed by atoms with Crippen molar-refractivity contribution < 1.29 is 9.22 Å². The molecule has 1 fully saturated rings. The minimum atomic E-state index is 0.710. The predicted octanol–water partition coefficient (Wildman–Crippen LogP) is 0.764. The smallest absolute Gasteiger partial charge is 0.102 e. The van der Waals surface area contributed by atoms with E-state index in [1.54, 1.807) is 0 Å². The molecule has 4 N–H and O–H groups in total. The fourth-order valence-corrected chi connectivity index (χ4v) is 2.44. The van der Waals surface area contributed by atoms with Gasteiger partial charge in [0.1, 0.15) is 13.1 Å². The molecule has 5 heteroatoms. The summed E-state index contributed by atoms with van der Waals surface area (Å²) in [4.78, 5) is 2.20. The summed E-state index contributed by atoms with van der Waals surface area (Å²) in [6.07, 6.45) is 0. The summed E-state index contributed by atoms with van der Waals surface area (Å²) >= 11 is 0. The Morgan fingerprint density at radius 1 is 1.26 bits per heavy atom. The highest BCUT2D eigenvalue weighted by Gasteiger charge is 2.25. The number of likely N-dealkylation sites (N-methyl/N-ethyl adjacent to an activating group) is 2. The Balaban J connectivity index is 1.95. The van der Waals surface area contributed by atoms with Gasteiger partial charge in [-0.1, -0.05) is 0 Å². The van der Waals surface area contributed by atoms with Gasteiger partial charge in [0.05, 0.1) is 44.7 Å². The van der Waals surface area contributed by atoms with E-state index in [4.69, 9.17) is 16.2 Å². The van der Waals surface area contributed by atoms with Gasteiger partial charge < -0.3 is 25.6 Å². The van der Waals surface area contributed by atoms with E-state index in [1.807, 2.05) is 18.2 Å². The highest BCUT2D eigenvalue weighted by atomic mass is 16.5. The number of rotatable bonds is 4. The second kappa shape index (κ2) is 5.67.